The second-order valence-corrected chi connectivity index (χ2v) is 6.20. The van der Waals surface area contributed by atoms with Crippen LogP contribution in [0.2, 0.25) is 0 Å². The third kappa shape index (κ3) is 3.24. The van der Waals surface area contributed by atoms with Crippen LogP contribution in [0.4, 0.5) is 4.79 Å². The van der Waals surface area contributed by atoms with Crippen LogP contribution in [0.25, 0.3) is 0 Å². The van der Waals surface area contributed by atoms with Gasteiger partial charge in [0.15, 0.2) is 0 Å². The molecule has 0 aromatic heterocycles. The van der Waals surface area contributed by atoms with Gasteiger partial charge in [0.25, 0.3) is 0 Å². The van der Waals surface area contributed by atoms with Gasteiger partial charge in [-0.1, -0.05) is 0 Å². The molecule has 2 aliphatic rings. The summed E-state index contributed by atoms with van der Waals surface area (Å²) in [6, 6.07) is 0. The Hall–Kier alpha value is -1.59. The third-order valence-corrected chi connectivity index (χ3v) is 3.45. The van der Waals surface area contributed by atoms with E-state index in [4.69, 9.17) is 4.74 Å². The first-order chi connectivity index (χ1) is 8.76. The van der Waals surface area contributed by atoms with Crippen molar-refractivity contribution in [2.45, 2.75) is 39.2 Å². The maximum Gasteiger partial charge on any atom is 0.410 e. The van der Waals surface area contributed by atoms with Gasteiger partial charge in [-0.3, -0.25) is 14.9 Å². The molecule has 0 spiro atoms. The summed E-state index contributed by atoms with van der Waals surface area (Å²) in [7, 11) is 0. The van der Waals surface area contributed by atoms with Crippen molar-refractivity contribution in [3.8, 4) is 0 Å². The van der Waals surface area contributed by atoms with Crippen LogP contribution < -0.4 is 5.32 Å². The van der Waals surface area contributed by atoms with Gasteiger partial charge >= 0.3 is 6.09 Å². The van der Waals surface area contributed by atoms with E-state index in [0.29, 0.717) is 25.9 Å². The number of likely N-dealkylation sites (tertiary alicyclic amines) is 1. The minimum atomic E-state index is -0.543. The van der Waals surface area contributed by atoms with Crippen molar-refractivity contribution in [1.29, 1.82) is 0 Å². The minimum Gasteiger partial charge on any atom is -0.444 e. The molecule has 106 valence electrons. The topological polar surface area (TPSA) is 75.7 Å². The molecule has 0 aromatic rings. The van der Waals surface area contributed by atoms with Gasteiger partial charge in [0.05, 0.1) is 5.92 Å². The molecule has 2 heterocycles. The van der Waals surface area contributed by atoms with Crippen molar-refractivity contribution in [3.63, 3.8) is 0 Å². The highest BCUT2D eigenvalue weighted by molar-refractivity contribution is 5.99. The molecular weight excluding hydrogens is 248 g/mol. The number of imide groups is 1. The summed E-state index contributed by atoms with van der Waals surface area (Å²) in [5, 5.41) is 2.33. The fourth-order valence-electron chi connectivity index (χ4n) is 2.55. The Labute approximate surface area is 112 Å². The van der Waals surface area contributed by atoms with E-state index in [2.05, 4.69) is 5.32 Å². The van der Waals surface area contributed by atoms with Crippen LogP contribution in [0, 0.1) is 11.8 Å². The zero-order valence-electron chi connectivity index (χ0n) is 11.6. The Morgan fingerprint density at radius 2 is 2.05 bits per heavy atom. The summed E-state index contributed by atoms with van der Waals surface area (Å²) >= 11 is 0. The first-order valence-electron chi connectivity index (χ1n) is 6.58. The van der Waals surface area contributed by atoms with Gasteiger partial charge in [-0.15, -0.1) is 0 Å². The van der Waals surface area contributed by atoms with Crippen LogP contribution in [0.3, 0.4) is 0 Å². The number of nitrogens with zero attached hydrogens (tertiary/aromatic N) is 1. The van der Waals surface area contributed by atoms with Crippen molar-refractivity contribution in [2.24, 2.45) is 11.8 Å². The Balaban J connectivity index is 2.00. The van der Waals surface area contributed by atoms with E-state index in [1.807, 2.05) is 20.8 Å². The smallest absolute Gasteiger partial charge is 0.410 e. The highest BCUT2D eigenvalue weighted by Crippen LogP contribution is 2.30. The number of fused-ring (bicyclic) bond motifs is 1. The lowest BCUT2D eigenvalue weighted by Gasteiger charge is -2.39. The van der Waals surface area contributed by atoms with E-state index in [1.54, 1.807) is 4.90 Å². The summed E-state index contributed by atoms with van der Waals surface area (Å²) in [4.78, 5) is 36.6. The van der Waals surface area contributed by atoms with Crippen LogP contribution >= 0.6 is 0 Å². The molecule has 2 saturated heterocycles. The van der Waals surface area contributed by atoms with Crippen LogP contribution in [-0.2, 0) is 14.3 Å². The number of hydrogen-bond acceptors (Lipinski definition) is 4. The van der Waals surface area contributed by atoms with E-state index < -0.39 is 11.7 Å². The van der Waals surface area contributed by atoms with Crippen molar-refractivity contribution in [3.05, 3.63) is 0 Å². The molecule has 2 atom stereocenters. The molecule has 2 rings (SSSR count). The van der Waals surface area contributed by atoms with Crippen molar-refractivity contribution >= 4 is 17.9 Å². The van der Waals surface area contributed by atoms with Gasteiger partial charge in [0.1, 0.15) is 5.60 Å². The number of ether oxygens (including phenoxy) is 1. The predicted octanol–water partition coefficient (Wildman–Crippen LogP) is 0.906. The highest BCUT2D eigenvalue weighted by atomic mass is 16.6. The lowest BCUT2D eigenvalue weighted by molar-refractivity contribution is -0.141. The van der Waals surface area contributed by atoms with Gasteiger partial charge < -0.3 is 9.64 Å². The first-order valence-corrected chi connectivity index (χ1v) is 6.58. The van der Waals surface area contributed by atoms with Gasteiger partial charge in [-0.25, -0.2) is 4.79 Å². The fraction of sp³-hybridized carbons (Fsp3) is 0.769. The van der Waals surface area contributed by atoms with Crippen LogP contribution in [-0.4, -0.2) is 41.5 Å². The summed E-state index contributed by atoms with van der Waals surface area (Å²) in [5.41, 5.74) is -0.543. The van der Waals surface area contributed by atoms with Gasteiger partial charge in [0.2, 0.25) is 11.8 Å². The molecule has 0 bridgehead atoms. The molecule has 1 N–H and O–H groups in total. The number of nitrogens with one attached hydrogen (secondary N) is 1. The predicted molar refractivity (Wildman–Crippen MR) is 67.2 cm³/mol. The standard InChI is InChI=1S/C13H20N2O4/c1-13(2,3)19-12(18)15-5-4-8-6-10(16)14-11(17)9(8)7-15/h8-9H,4-7H2,1-3H3,(H,14,16,17). The number of rotatable bonds is 0. The first kappa shape index (κ1) is 13.8. The van der Waals surface area contributed by atoms with Crippen LogP contribution in [0.1, 0.15) is 33.6 Å². The van der Waals surface area contributed by atoms with Crippen molar-refractivity contribution in [2.75, 3.05) is 13.1 Å². The maximum absolute atomic E-state index is 12.0. The number of carbonyl (C=O) groups is 3. The highest BCUT2D eigenvalue weighted by Gasteiger charge is 2.41. The average molecular weight is 268 g/mol. The summed E-state index contributed by atoms with van der Waals surface area (Å²) in [6.45, 7) is 6.30. The number of hydrogen-bond donors (Lipinski definition) is 1. The molecule has 6 nitrogen and oxygen atoms in total. The molecule has 0 aliphatic carbocycles. The molecule has 0 radical (unpaired) electrons. The summed E-state index contributed by atoms with van der Waals surface area (Å²) in [5.74, 6) is -0.717. The Kier molecular flexibility index (Phi) is 3.52. The zero-order chi connectivity index (χ0) is 14.2. The quantitative estimate of drug-likeness (QED) is 0.662. The molecule has 6 heteroatoms. The van der Waals surface area contributed by atoms with Gasteiger partial charge in [-0.05, 0) is 33.1 Å². The largest absolute Gasteiger partial charge is 0.444 e. The minimum absolute atomic E-state index is 0.0555. The maximum atomic E-state index is 12.0. The fourth-order valence-corrected chi connectivity index (χ4v) is 2.55. The Morgan fingerprint density at radius 1 is 1.37 bits per heavy atom. The summed E-state index contributed by atoms with van der Waals surface area (Å²) < 4.78 is 5.30. The number of amides is 3. The second-order valence-electron chi connectivity index (χ2n) is 6.20. The van der Waals surface area contributed by atoms with E-state index in [1.165, 1.54) is 0 Å². The number of carbonyl (C=O) groups excluding carboxylic acids is 3. The normalized spacial score (nSPS) is 27.6. The molecule has 19 heavy (non-hydrogen) atoms. The lowest BCUT2D eigenvalue weighted by Crippen LogP contribution is -2.55. The second kappa shape index (κ2) is 4.83. The van der Waals surface area contributed by atoms with Gasteiger partial charge in [0, 0.05) is 19.5 Å². The van der Waals surface area contributed by atoms with E-state index in [0.717, 1.165) is 0 Å². The van der Waals surface area contributed by atoms with Gasteiger partial charge in [-0.2, -0.15) is 0 Å². The molecule has 3 amide bonds. The lowest BCUT2D eigenvalue weighted by atomic mass is 9.80. The monoisotopic (exact) mass is 268 g/mol. The van der Waals surface area contributed by atoms with Crippen LogP contribution in [0.15, 0.2) is 0 Å². The molecule has 2 aliphatic heterocycles. The van der Waals surface area contributed by atoms with E-state index in [9.17, 15) is 14.4 Å². The zero-order valence-corrected chi connectivity index (χ0v) is 11.6. The van der Waals surface area contributed by atoms with Crippen molar-refractivity contribution in [1.82, 2.24) is 10.2 Å². The molecule has 2 unspecified atom stereocenters. The molecular formula is C13H20N2O4. The third-order valence-electron chi connectivity index (χ3n) is 3.45. The molecule has 0 saturated carbocycles. The Morgan fingerprint density at radius 3 is 2.68 bits per heavy atom. The summed E-state index contributed by atoms with van der Waals surface area (Å²) in [6.07, 6.45) is 0.650. The van der Waals surface area contributed by atoms with E-state index >= 15 is 0 Å². The van der Waals surface area contributed by atoms with Crippen LogP contribution in [0.5, 0.6) is 0 Å². The molecule has 2 fully saturated rings. The SMILES string of the molecule is CC(C)(C)OC(=O)N1CCC2CC(=O)NC(=O)C2C1. The Bertz CT molecular complexity index is 413. The van der Waals surface area contributed by atoms with E-state index in [-0.39, 0.29) is 23.7 Å². The molecule has 0 aromatic carbocycles. The van der Waals surface area contributed by atoms with Crippen molar-refractivity contribution < 1.29 is 19.1 Å². The average Bonchev–Trinajstić information content (AvgIpc) is 2.25. The number of piperidine rings is 2.